The number of hydrogen-bond acceptors (Lipinski definition) is 24. The second-order valence-corrected chi connectivity index (χ2v) is 30.3. The number of alkyl halides is 8. The van der Waals surface area contributed by atoms with Gasteiger partial charge >= 0.3 is 12.4 Å². The number of nitrogens with one attached hydrogen (secondary N) is 4. The van der Waals surface area contributed by atoms with Gasteiger partial charge in [-0.15, -0.1) is 0 Å². The van der Waals surface area contributed by atoms with Crippen LogP contribution < -0.4 is 63.8 Å². The number of rotatable bonds is 21. The summed E-state index contributed by atoms with van der Waals surface area (Å²) in [6.45, 7) is 24.2. The van der Waals surface area contributed by atoms with Crippen LogP contribution in [0.1, 0.15) is 176 Å². The van der Waals surface area contributed by atoms with Crippen LogP contribution in [-0.4, -0.2) is 171 Å². The fourth-order valence-corrected chi connectivity index (χ4v) is 14.2. The molecule has 13 rings (SSSR count). The molecule has 9 aromatic rings. The monoisotopic (exact) mass is 1660 g/mol. The Bertz CT molecular complexity index is 4970. The molecule has 12 N–H and O–H groups in total. The first-order chi connectivity index (χ1) is 55.8. The van der Waals surface area contributed by atoms with Gasteiger partial charge in [0.2, 0.25) is 23.1 Å². The molecular formula is C84H118F10N20O4. The molecule has 24 nitrogen and oxygen atoms in total. The molecule has 0 spiro atoms. The van der Waals surface area contributed by atoms with Crippen molar-refractivity contribution in [3.8, 4) is 0 Å². The maximum absolute atomic E-state index is 14.1. The SMILES string of the molecule is C=C(F)c1ccc(N2CCN[C@@H](CC(C)(C)F)C2)nc1C(=O)c1cccnc1N.C=C(F)c1ccc(N2CCN[C@H](CC(C)(C)F)C2)nc1C(=O)c1cccnc1N.CC(C)C[C@H]1CN(c2ccc(C(F)(F)F)c(C(=O)c3cccnc3N)n2)CCN1.Nc1ncccc1C(=O)c1nc(N2CCNC(c3ccccc3)C2)ccc1C(F)(F)F.[HH].[HH].[HH].[HH].[HH].[HH].[HH].[HH].[HH].[HH].[HH].[HH]. The number of pyridine rings is 8. The first-order valence-electron chi connectivity index (χ1n) is 38.1. The van der Waals surface area contributed by atoms with E-state index in [4.69, 9.17) is 22.9 Å². The minimum atomic E-state index is -4.73. The average Bonchev–Trinajstić information content (AvgIpc) is 0.791. The van der Waals surface area contributed by atoms with E-state index in [1.807, 2.05) is 49.9 Å². The molecule has 0 bridgehead atoms. The first-order valence-corrected chi connectivity index (χ1v) is 38.1. The summed E-state index contributed by atoms with van der Waals surface area (Å²) in [6.07, 6.45) is -2.13. The minimum absolute atomic E-state index is 0. The Balaban J connectivity index is -0.00000161. The zero-order chi connectivity index (χ0) is 85.6. The first kappa shape index (κ1) is 88.5. The second kappa shape index (κ2) is 38.5. The van der Waals surface area contributed by atoms with E-state index in [1.54, 1.807) is 52.0 Å². The lowest BCUT2D eigenvalue weighted by Gasteiger charge is -2.36. The van der Waals surface area contributed by atoms with Crippen LogP contribution in [0, 0.1) is 5.92 Å². The van der Waals surface area contributed by atoms with Crippen molar-refractivity contribution < 1.29 is 80.2 Å². The lowest BCUT2D eigenvalue weighted by atomic mass is 9.99. The third-order valence-corrected chi connectivity index (χ3v) is 19.6. The number of hydrogen-bond donors (Lipinski definition) is 8. The number of carbonyl (C=O) groups excluding carboxylic acids is 4. The molecule has 4 fully saturated rings. The summed E-state index contributed by atoms with van der Waals surface area (Å²) in [7, 11) is 0. The lowest BCUT2D eigenvalue weighted by molar-refractivity contribution is -0.138. The van der Waals surface area contributed by atoms with Crippen molar-refractivity contribution in [1.82, 2.24) is 61.1 Å². The molecule has 1 unspecified atom stereocenters. The van der Waals surface area contributed by atoms with Gasteiger partial charge in [-0.25, -0.2) is 57.4 Å². The van der Waals surface area contributed by atoms with E-state index in [1.165, 1.54) is 85.5 Å². The van der Waals surface area contributed by atoms with E-state index in [0.29, 0.717) is 121 Å². The number of aromatic nitrogens is 8. The van der Waals surface area contributed by atoms with E-state index in [-0.39, 0.29) is 109 Å². The van der Waals surface area contributed by atoms with Crippen molar-refractivity contribution >= 4 is 81.3 Å². The van der Waals surface area contributed by atoms with Crippen molar-refractivity contribution in [3.63, 3.8) is 0 Å². The number of halogens is 10. The average molecular weight is 1660 g/mol. The van der Waals surface area contributed by atoms with E-state index >= 15 is 0 Å². The summed E-state index contributed by atoms with van der Waals surface area (Å²) < 4.78 is 138. The Kier molecular flexibility index (Phi) is 28.8. The van der Waals surface area contributed by atoms with E-state index in [2.05, 4.69) is 88.1 Å². The fourth-order valence-electron chi connectivity index (χ4n) is 14.2. The van der Waals surface area contributed by atoms with Crippen LogP contribution in [0.25, 0.3) is 11.7 Å². The molecule has 12 heterocycles. The third-order valence-electron chi connectivity index (χ3n) is 19.6. The summed E-state index contributed by atoms with van der Waals surface area (Å²) in [6, 6.07) is 32.3. The zero-order valence-corrected chi connectivity index (χ0v) is 65.9. The highest BCUT2D eigenvalue weighted by Gasteiger charge is 2.40. The molecule has 0 radical (unpaired) electrons. The van der Waals surface area contributed by atoms with Gasteiger partial charge in [0.15, 0.2) is 0 Å². The van der Waals surface area contributed by atoms with Crippen LogP contribution in [0.2, 0.25) is 0 Å². The van der Waals surface area contributed by atoms with Crippen molar-refractivity contribution in [2.75, 3.05) is 121 Å². The van der Waals surface area contributed by atoms with E-state index < -0.39 is 81.0 Å². The summed E-state index contributed by atoms with van der Waals surface area (Å²) in [5.41, 5.74) is 18.0. The van der Waals surface area contributed by atoms with Crippen LogP contribution in [0.5, 0.6) is 0 Å². The molecule has 8 aromatic heterocycles. The van der Waals surface area contributed by atoms with Crippen LogP contribution in [-0.2, 0) is 12.4 Å². The molecule has 34 heteroatoms. The van der Waals surface area contributed by atoms with Gasteiger partial charge in [0, 0.05) is 156 Å². The maximum Gasteiger partial charge on any atom is 0.418 e. The van der Waals surface area contributed by atoms with E-state index in [9.17, 15) is 63.1 Å². The topological polar surface area (TPSA) is 337 Å². The van der Waals surface area contributed by atoms with Gasteiger partial charge in [-0.2, -0.15) is 26.3 Å². The van der Waals surface area contributed by atoms with Gasteiger partial charge in [0.25, 0.3) is 0 Å². The standard InChI is InChI=1S/C22H20F3N5O.2C21H25F2N5O.C20H24F3N5O.12H2/c23-22(24,25)16-8-9-18(29-19(16)20(31)15-7-4-10-28-21(15)26)30-12-11-27-17(13-30)14-5-2-1-3-6-14;2*1-13(22)15-6-7-17(28-10-9-25-14(12-28)11-21(2,3)23)27-18(15)19(29)16-5-4-8-26-20(16)24;1-12(2)10-13-11-28(9-8-25-13)16-6-5-15(20(21,22)23)17(27-16)18(29)14-4-3-7-26-19(14)24;;;;;;;;;;;;/h1-10,17,27H,11-13H2,(H2,26,28);2*4-8,14,25H,1,9-12H2,2-3H3,(H2,24,26);3-7,12-13,25H,8-11H2,1-2H3,(H2,24,26);12*1H/t;2*14-;13-;;;;;;;;;;;;/m.100............/s1. The third kappa shape index (κ3) is 23.3. The quantitative estimate of drug-likeness (QED) is 0.0245. The van der Waals surface area contributed by atoms with Gasteiger partial charge in [-0.05, 0) is 156 Å². The van der Waals surface area contributed by atoms with Gasteiger partial charge in [0.05, 0.1) is 33.4 Å². The number of anilines is 8. The molecule has 1 aromatic carbocycles. The lowest BCUT2D eigenvalue weighted by Crippen LogP contribution is -2.52. The normalized spacial score (nSPS) is 17.2. The van der Waals surface area contributed by atoms with Crippen molar-refractivity contribution in [1.29, 1.82) is 0 Å². The van der Waals surface area contributed by atoms with Gasteiger partial charge in [0.1, 0.15) is 92.3 Å². The van der Waals surface area contributed by atoms with Crippen LogP contribution >= 0.6 is 0 Å². The zero-order valence-electron chi connectivity index (χ0n) is 65.9. The number of carbonyl (C=O) groups is 4. The van der Waals surface area contributed by atoms with Gasteiger partial charge in [-0.1, -0.05) is 57.3 Å². The van der Waals surface area contributed by atoms with E-state index in [0.717, 1.165) is 24.1 Å². The van der Waals surface area contributed by atoms with Crippen molar-refractivity contribution in [3.05, 3.63) is 238 Å². The molecule has 4 aliphatic rings. The summed E-state index contributed by atoms with van der Waals surface area (Å²) in [4.78, 5) is 92.1. The Labute approximate surface area is 694 Å². The molecule has 0 saturated carbocycles. The van der Waals surface area contributed by atoms with Gasteiger partial charge in [-0.3, -0.25) is 19.2 Å². The Morgan fingerprint density at radius 1 is 0.415 bits per heavy atom. The molecule has 118 heavy (non-hydrogen) atoms. The number of benzene rings is 1. The smallest absolute Gasteiger partial charge is 0.383 e. The fraction of sp³-hybridized carbons (Fsp3) is 0.357. The highest BCUT2D eigenvalue weighted by Crippen LogP contribution is 2.38. The van der Waals surface area contributed by atoms with Crippen molar-refractivity contribution in [2.24, 2.45) is 5.92 Å². The molecule has 4 saturated heterocycles. The Hall–Kier alpha value is -11.9. The van der Waals surface area contributed by atoms with Crippen LogP contribution in [0.3, 0.4) is 0 Å². The predicted octanol–water partition coefficient (Wildman–Crippen LogP) is 15.8. The summed E-state index contributed by atoms with van der Waals surface area (Å²) >= 11 is 0. The Morgan fingerprint density at radius 2 is 0.720 bits per heavy atom. The molecule has 0 aliphatic carbocycles. The number of ketones is 4. The van der Waals surface area contributed by atoms with Crippen LogP contribution in [0.15, 0.2) is 165 Å². The molecule has 4 aliphatic heterocycles. The summed E-state index contributed by atoms with van der Waals surface area (Å²) in [5, 5.41) is 13.4. The summed E-state index contributed by atoms with van der Waals surface area (Å²) in [5.74, 6) is -2.36. The highest BCUT2D eigenvalue weighted by molar-refractivity contribution is 6.14. The second-order valence-electron chi connectivity index (χ2n) is 30.3. The molecular weight excluding hydrogens is 1540 g/mol. The van der Waals surface area contributed by atoms with Crippen molar-refractivity contribution in [2.45, 2.75) is 109 Å². The predicted molar refractivity (Wildman–Crippen MR) is 461 cm³/mol. The number of nitrogen functional groups attached to an aromatic ring is 4. The molecule has 648 valence electrons. The minimum Gasteiger partial charge on any atom is -0.383 e. The molecule has 4 atom stereocenters. The van der Waals surface area contributed by atoms with Crippen LogP contribution in [0.4, 0.5) is 90.4 Å². The Morgan fingerprint density at radius 3 is 1.04 bits per heavy atom. The number of piperazine rings is 4. The maximum atomic E-state index is 14.1. The van der Waals surface area contributed by atoms with Gasteiger partial charge < -0.3 is 63.8 Å². The number of nitrogens with two attached hydrogens (primary N) is 4. The number of nitrogens with zero attached hydrogens (tertiary/aromatic N) is 12. The highest BCUT2D eigenvalue weighted by atomic mass is 19.4. The largest absolute Gasteiger partial charge is 0.418 e. The molecule has 0 amide bonds.